The van der Waals surface area contributed by atoms with Crippen LogP contribution in [0.15, 0.2) is 42.5 Å². The number of fused-ring (bicyclic) bond motifs is 1. The number of hydrogen-bond acceptors (Lipinski definition) is 2. The lowest BCUT2D eigenvalue weighted by atomic mass is 10.0. The number of piperidine rings is 1. The summed E-state index contributed by atoms with van der Waals surface area (Å²) in [6.07, 6.45) is 3.08. The van der Waals surface area contributed by atoms with E-state index in [0.29, 0.717) is 11.8 Å². The van der Waals surface area contributed by atoms with Gasteiger partial charge in [-0.2, -0.15) is 0 Å². The summed E-state index contributed by atoms with van der Waals surface area (Å²) in [6.45, 7) is 1.62. The average Bonchev–Trinajstić information content (AvgIpc) is 3.34. The predicted molar refractivity (Wildman–Crippen MR) is 95.8 cm³/mol. The van der Waals surface area contributed by atoms with Crippen LogP contribution < -0.4 is 5.73 Å². The third kappa shape index (κ3) is 3.22. The van der Waals surface area contributed by atoms with Crippen LogP contribution in [0.25, 0.3) is 10.8 Å². The molecule has 3 nitrogen and oxygen atoms in total. The summed E-state index contributed by atoms with van der Waals surface area (Å²) in [4.78, 5) is 14.6. The van der Waals surface area contributed by atoms with Gasteiger partial charge in [0.1, 0.15) is 0 Å². The number of halogens is 1. The lowest BCUT2D eigenvalue weighted by Crippen LogP contribution is -2.46. The Kier molecular flexibility index (Phi) is 4.60. The summed E-state index contributed by atoms with van der Waals surface area (Å²) in [5, 5.41) is 2.52. The zero-order valence-electron chi connectivity index (χ0n) is 13.2. The molecule has 1 aliphatic carbocycles. The van der Waals surface area contributed by atoms with E-state index in [2.05, 4.69) is 42.5 Å². The number of benzene rings is 2. The molecule has 122 valence electrons. The van der Waals surface area contributed by atoms with Crippen molar-refractivity contribution in [2.24, 2.45) is 11.7 Å². The molecule has 1 amide bonds. The van der Waals surface area contributed by atoms with E-state index in [9.17, 15) is 4.79 Å². The maximum Gasteiger partial charge on any atom is 0.226 e. The van der Waals surface area contributed by atoms with Crippen molar-refractivity contribution in [2.75, 3.05) is 13.1 Å². The van der Waals surface area contributed by atoms with E-state index in [0.717, 1.165) is 32.4 Å². The summed E-state index contributed by atoms with van der Waals surface area (Å²) in [5.74, 6) is 0.884. The van der Waals surface area contributed by atoms with Gasteiger partial charge in [0.15, 0.2) is 0 Å². The Morgan fingerprint density at radius 2 is 1.91 bits per heavy atom. The molecule has 4 rings (SSSR count). The predicted octanol–water partition coefficient (Wildman–Crippen LogP) is 3.31. The first kappa shape index (κ1) is 16.3. The SMILES string of the molecule is Cl.NC1CCCN(C(=O)C2CC2c2ccc3ccccc3c2)C1. The normalized spacial score (nSPS) is 26.7. The number of nitrogens with zero attached hydrogens (tertiary/aromatic N) is 1. The fourth-order valence-electron chi connectivity index (χ4n) is 3.72. The van der Waals surface area contributed by atoms with Crippen LogP contribution in [0.2, 0.25) is 0 Å². The Morgan fingerprint density at radius 3 is 2.70 bits per heavy atom. The Bertz CT molecular complexity index is 717. The van der Waals surface area contributed by atoms with Gasteiger partial charge in [-0.05, 0) is 41.5 Å². The minimum atomic E-state index is 0. The molecular weight excluding hydrogens is 308 g/mol. The van der Waals surface area contributed by atoms with Crippen molar-refractivity contribution in [2.45, 2.75) is 31.2 Å². The van der Waals surface area contributed by atoms with Crippen molar-refractivity contribution in [1.29, 1.82) is 0 Å². The van der Waals surface area contributed by atoms with Gasteiger partial charge in [-0.3, -0.25) is 4.79 Å². The standard InChI is InChI=1S/C19H22N2O.ClH/c20-16-6-3-9-21(12-16)19(22)18-11-17(18)15-8-7-13-4-1-2-5-14(13)10-15;/h1-2,4-5,7-8,10,16-18H,3,6,9,11-12,20H2;1H. The van der Waals surface area contributed by atoms with Crippen LogP contribution >= 0.6 is 12.4 Å². The molecule has 0 bridgehead atoms. The molecule has 2 fully saturated rings. The average molecular weight is 331 g/mol. The molecular formula is C19H23ClN2O. The quantitative estimate of drug-likeness (QED) is 0.918. The van der Waals surface area contributed by atoms with E-state index in [4.69, 9.17) is 5.73 Å². The molecule has 4 heteroatoms. The molecule has 1 saturated carbocycles. The molecule has 23 heavy (non-hydrogen) atoms. The highest BCUT2D eigenvalue weighted by atomic mass is 35.5. The Hall–Kier alpha value is -1.58. The molecule has 1 heterocycles. The molecule has 2 aromatic carbocycles. The second kappa shape index (κ2) is 6.50. The number of likely N-dealkylation sites (tertiary alicyclic amines) is 1. The second-order valence-corrected chi connectivity index (χ2v) is 6.74. The first-order valence-corrected chi connectivity index (χ1v) is 8.25. The van der Waals surface area contributed by atoms with Crippen molar-refractivity contribution in [3.8, 4) is 0 Å². The topological polar surface area (TPSA) is 46.3 Å². The van der Waals surface area contributed by atoms with Gasteiger partial charge >= 0.3 is 0 Å². The van der Waals surface area contributed by atoms with Gasteiger partial charge in [0, 0.05) is 25.0 Å². The molecule has 0 spiro atoms. The summed E-state index contributed by atoms with van der Waals surface area (Å²) in [7, 11) is 0. The van der Waals surface area contributed by atoms with Gasteiger partial charge < -0.3 is 10.6 Å². The van der Waals surface area contributed by atoms with Crippen LogP contribution in [0.5, 0.6) is 0 Å². The smallest absolute Gasteiger partial charge is 0.226 e. The van der Waals surface area contributed by atoms with Crippen LogP contribution in [-0.4, -0.2) is 29.9 Å². The summed E-state index contributed by atoms with van der Waals surface area (Å²) in [6, 6.07) is 15.2. The van der Waals surface area contributed by atoms with Crippen molar-refractivity contribution in [3.63, 3.8) is 0 Å². The van der Waals surface area contributed by atoms with Crippen molar-refractivity contribution >= 4 is 29.1 Å². The van der Waals surface area contributed by atoms with Crippen LogP contribution in [0.3, 0.4) is 0 Å². The molecule has 2 N–H and O–H groups in total. The summed E-state index contributed by atoms with van der Waals surface area (Å²) >= 11 is 0. The van der Waals surface area contributed by atoms with E-state index in [-0.39, 0.29) is 24.4 Å². The van der Waals surface area contributed by atoms with Crippen LogP contribution in [-0.2, 0) is 4.79 Å². The van der Waals surface area contributed by atoms with E-state index in [1.165, 1.54) is 16.3 Å². The molecule has 3 unspecified atom stereocenters. The van der Waals surface area contributed by atoms with Crippen LogP contribution in [0, 0.1) is 5.92 Å². The van der Waals surface area contributed by atoms with Gasteiger partial charge in [-0.25, -0.2) is 0 Å². The van der Waals surface area contributed by atoms with Gasteiger partial charge in [0.25, 0.3) is 0 Å². The van der Waals surface area contributed by atoms with Crippen molar-refractivity contribution in [1.82, 2.24) is 4.90 Å². The molecule has 3 atom stereocenters. The maximum absolute atomic E-state index is 12.6. The number of nitrogens with two attached hydrogens (primary N) is 1. The minimum absolute atomic E-state index is 0. The maximum atomic E-state index is 12.6. The Balaban J connectivity index is 0.00000156. The Morgan fingerprint density at radius 1 is 1.13 bits per heavy atom. The molecule has 2 aromatic rings. The Labute approximate surface area is 143 Å². The van der Waals surface area contributed by atoms with Crippen LogP contribution in [0.1, 0.15) is 30.7 Å². The van der Waals surface area contributed by atoms with E-state index < -0.39 is 0 Å². The molecule has 0 radical (unpaired) electrons. The third-order valence-corrected chi connectivity index (χ3v) is 5.08. The fraction of sp³-hybridized carbons (Fsp3) is 0.421. The van der Waals surface area contributed by atoms with Crippen LogP contribution in [0.4, 0.5) is 0 Å². The first-order chi connectivity index (χ1) is 10.7. The number of carbonyl (C=O) groups excluding carboxylic acids is 1. The highest BCUT2D eigenvalue weighted by Crippen LogP contribution is 2.49. The van der Waals surface area contributed by atoms with Gasteiger partial charge in [0.2, 0.25) is 5.91 Å². The minimum Gasteiger partial charge on any atom is -0.341 e. The van der Waals surface area contributed by atoms with E-state index in [1.54, 1.807) is 0 Å². The van der Waals surface area contributed by atoms with E-state index >= 15 is 0 Å². The molecule has 1 saturated heterocycles. The van der Waals surface area contributed by atoms with Crippen molar-refractivity contribution in [3.05, 3.63) is 48.0 Å². The zero-order valence-corrected chi connectivity index (χ0v) is 14.0. The lowest BCUT2D eigenvalue weighted by Gasteiger charge is -2.31. The fourth-order valence-corrected chi connectivity index (χ4v) is 3.72. The van der Waals surface area contributed by atoms with Gasteiger partial charge in [-0.1, -0.05) is 42.5 Å². The van der Waals surface area contributed by atoms with Gasteiger partial charge in [-0.15, -0.1) is 12.4 Å². The highest BCUT2D eigenvalue weighted by Gasteiger charge is 2.46. The van der Waals surface area contributed by atoms with E-state index in [1.807, 2.05) is 4.90 Å². The monoisotopic (exact) mass is 330 g/mol. The third-order valence-electron chi connectivity index (χ3n) is 5.08. The molecule has 0 aromatic heterocycles. The number of amides is 1. The largest absolute Gasteiger partial charge is 0.341 e. The summed E-state index contributed by atoms with van der Waals surface area (Å²) in [5.41, 5.74) is 7.30. The lowest BCUT2D eigenvalue weighted by molar-refractivity contribution is -0.133. The first-order valence-electron chi connectivity index (χ1n) is 8.25. The second-order valence-electron chi connectivity index (χ2n) is 6.74. The molecule has 2 aliphatic rings. The van der Waals surface area contributed by atoms with Gasteiger partial charge in [0.05, 0.1) is 0 Å². The summed E-state index contributed by atoms with van der Waals surface area (Å²) < 4.78 is 0. The number of carbonyl (C=O) groups is 1. The number of hydrogen-bond donors (Lipinski definition) is 1. The zero-order chi connectivity index (χ0) is 15.1. The van der Waals surface area contributed by atoms with Crippen molar-refractivity contribution < 1.29 is 4.79 Å². The number of rotatable bonds is 2. The highest BCUT2D eigenvalue weighted by molar-refractivity contribution is 5.86. The molecule has 1 aliphatic heterocycles.